The van der Waals surface area contributed by atoms with Crippen molar-refractivity contribution in [2.75, 3.05) is 38.4 Å². The van der Waals surface area contributed by atoms with Crippen LogP contribution < -0.4 is 5.32 Å². The Labute approximate surface area is 121 Å². The second-order valence-electron chi connectivity index (χ2n) is 5.12. The molecule has 0 aromatic carbocycles. The Bertz CT molecular complexity index is 390. The maximum absolute atomic E-state index is 12.1. The zero-order chi connectivity index (χ0) is 15.0. The van der Waals surface area contributed by atoms with Crippen molar-refractivity contribution in [1.29, 1.82) is 0 Å². The quantitative estimate of drug-likeness (QED) is 0.620. The number of methoxy groups -OCH3 is 1. The minimum absolute atomic E-state index is 0.0536. The molecule has 20 heavy (non-hydrogen) atoms. The van der Waals surface area contributed by atoms with Gasteiger partial charge in [0.15, 0.2) is 9.84 Å². The molecule has 0 aromatic rings. The first-order chi connectivity index (χ1) is 9.48. The third-order valence-corrected chi connectivity index (χ3v) is 5.16. The van der Waals surface area contributed by atoms with Gasteiger partial charge in [0, 0.05) is 18.6 Å². The van der Waals surface area contributed by atoms with Crippen LogP contribution >= 0.6 is 0 Å². The van der Waals surface area contributed by atoms with Gasteiger partial charge in [0.2, 0.25) is 0 Å². The smallest absolute Gasteiger partial charge is 0.306 e. The fraction of sp³-hybridized carbons (Fsp3) is 0.923. The number of sulfone groups is 1. The maximum atomic E-state index is 12.1. The Kier molecular flexibility index (Phi) is 7.47. The molecule has 7 heteroatoms. The van der Waals surface area contributed by atoms with Crippen molar-refractivity contribution in [3.05, 3.63) is 0 Å². The number of hydrogen-bond donors (Lipinski definition) is 1. The summed E-state index contributed by atoms with van der Waals surface area (Å²) in [4.78, 5) is 11.1. The highest BCUT2D eigenvalue weighted by molar-refractivity contribution is 7.91. The van der Waals surface area contributed by atoms with Crippen LogP contribution in [0.4, 0.5) is 0 Å². The first-order valence-corrected chi connectivity index (χ1v) is 8.89. The summed E-state index contributed by atoms with van der Waals surface area (Å²) in [6.45, 7) is 4.12. The van der Waals surface area contributed by atoms with Gasteiger partial charge >= 0.3 is 5.97 Å². The zero-order valence-corrected chi connectivity index (χ0v) is 13.1. The summed E-state index contributed by atoms with van der Waals surface area (Å²) in [6.07, 6.45) is 1.75. The molecule has 2 unspecified atom stereocenters. The Hall–Kier alpha value is -0.660. The number of carbonyl (C=O) groups is 1. The lowest BCUT2D eigenvalue weighted by Gasteiger charge is -2.23. The lowest BCUT2D eigenvalue weighted by molar-refractivity contribution is -0.140. The average molecular weight is 307 g/mol. The summed E-state index contributed by atoms with van der Waals surface area (Å²) in [6, 6.07) is -0.0971. The first kappa shape index (κ1) is 17.4. The molecule has 1 aliphatic rings. The Morgan fingerprint density at radius 1 is 1.50 bits per heavy atom. The van der Waals surface area contributed by atoms with Crippen LogP contribution in [0, 0.1) is 5.92 Å². The van der Waals surface area contributed by atoms with Gasteiger partial charge in [0.25, 0.3) is 0 Å². The molecule has 2 atom stereocenters. The maximum Gasteiger partial charge on any atom is 0.306 e. The minimum Gasteiger partial charge on any atom is -0.469 e. The van der Waals surface area contributed by atoms with Crippen LogP contribution in [0.2, 0.25) is 0 Å². The van der Waals surface area contributed by atoms with Gasteiger partial charge in [-0.25, -0.2) is 8.42 Å². The number of esters is 1. The fourth-order valence-corrected chi connectivity index (χ4v) is 3.84. The molecule has 1 N–H and O–H groups in total. The molecule has 0 radical (unpaired) electrons. The largest absolute Gasteiger partial charge is 0.469 e. The van der Waals surface area contributed by atoms with Gasteiger partial charge in [-0.1, -0.05) is 6.92 Å². The van der Waals surface area contributed by atoms with Crippen LogP contribution in [-0.4, -0.2) is 58.8 Å². The van der Waals surface area contributed by atoms with E-state index in [9.17, 15) is 13.2 Å². The third-order valence-electron chi connectivity index (χ3n) is 3.47. The van der Waals surface area contributed by atoms with Gasteiger partial charge in [-0.3, -0.25) is 4.79 Å². The predicted molar refractivity (Wildman–Crippen MR) is 76.3 cm³/mol. The molecule has 1 saturated heterocycles. The van der Waals surface area contributed by atoms with Crippen molar-refractivity contribution in [3.63, 3.8) is 0 Å². The van der Waals surface area contributed by atoms with E-state index >= 15 is 0 Å². The molecule has 1 rings (SSSR count). The molecule has 0 amide bonds. The van der Waals surface area contributed by atoms with Crippen LogP contribution in [0.5, 0.6) is 0 Å². The summed E-state index contributed by atoms with van der Waals surface area (Å²) in [5, 5.41) is 3.29. The Morgan fingerprint density at radius 2 is 2.25 bits per heavy atom. The van der Waals surface area contributed by atoms with Crippen LogP contribution in [0.15, 0.2) is 0 Å². The molecule has 1 aliphatic heterocycles. The number of hydrogen-bond acceptors (Lipinski definition) is 6. The van der Waals surface area contributed by atoms with Crippen LogP contribution in [0.1, 0.15) is 26.2 Å². The topological polar surface area (TPSA) is 81.7 Å². The van der Waals surface area contributed by atoms with E-state index in [2.05, 4.69) is 10.1 Å². The van der Waals surface area contributed by atoms with Gasteiger partial charge < -0.3 is 14.8 Å². The normalized spacial score (nSPS) is 20.8. The average Bonchev–Trinajstić information content (AvgIpc) is 2.94. The van der Waals surface area contributed by atoms with Crippen molar-refractivity contribution in [1.82, 2.24) is 5.32 Å². The summed E-state index contributed by atoms with van der Waals surface area (Å²) >= 11 is 0. The molecular formula is C13H25NO5S. The van der Waals surface area contributed by atoms with Crippen molar-refractivity contribution in [3.8, 4) is 0 Å². The second kappa shape index (κ2) is 8.59. The standard InChI is InChI=1S/C13H25NO5S/c1-3-6-14-12(11-4-7-19-9-11)10-20(16,17)8-5-13(15)18-2/h11-12,14H,3-10H2,1-2H3. The van der Waals surface area contributed by atoms with E-state index in [0.717, 1.165) is 19.4 Å². The van der Waals surface area contributed by atoms with Gasteiger partial charge in [0.05, 0.1) is 31.6 Å². The lowest BCUT2D eigenvalue weighted by atomic mass is 10.0. The molecule has 1 heterocycles. The van der Waals surface area contributed by atoms with Crippen molar-refractivity contribution < 1.29 is 22.7 Å². The minimum atomic E-state index is -3.27. The van der Waals surface area contributed by atoms with E-state index in [1.54, 1.807) is 0 Å². The second-order valence-corrected chi connectivity index (χ2v) is 7.35. The molecule has 0 saturated carbocycles. The van der Waals surface area contributed by atoms with Crippen molar-refractivity contribution in [2.45, 2.75) is 32.2 Å². The highest BCUT2D eigenvalue weighted by Gasteiger charge is 2.29. The summed E-state index contributed by atoms with van der Waals surface area (Å²) in [5.41, 5.74) is 0. The van der Waals surface area contributed by atoms with Crippen molar-refractivity contribution in [2.24, 2.45) is 5.92 Å². The van der Waals surface area contributed by atoms with Gasteiger partial charge in [-0.2, -0.15) is 0 Å². The summed E-state index contributed by atoms with van der Waals surface area (Å²) in [5.74, 6) is -0.361. The molecule has 0 spiro atoms. The van der Waals surface area contributed by atoms with E-state index in [1.807, 2.05) is 6.92 Å². The predicted octanol–water partition coefficient (Wildman–Crippen LogP) is 0.369. The molecular weight excluding hydrogens is 282 g/mol. The van der Waals surface area contributed by atoms with Gasteiger partial charge in [-0.05, 0) is 19.4 Å². The molecule has 118 valence electrons. The Balaban J connectivity index is 2.55. The molecule has 0 aromatic heterocycles. The summed E-state index contributed by atoms with van der Waals surface area (Å²) < 4.78 is 34.0. The highest BCUT2D eigenvalue weighted by atomic mass is 32.2. The zero-order valence-electron chi connectivity index (χ0n) is 12.3. The number of carbonyl (C=O) groups excluding carboxylic acids is 1. The molecule has 0 aliphatic carbocycles. The first-order valence-electron chi connectivity index (χ1n) is 7.07. The number of rotatable bonds is 9. The fourth-order valence-electron chi connectivity index (χ4n) is 2.26. The summed E-state index contributed by atoms with van der Waals surface area (Å²) in [7, 11) is -2.01. The van der Waals surface area contributed by atoms with Crippen molar-refractivity contribution >= 4 is 15.8 Å². The van der Waals surface area contributed by atoms with E-state index in [1.165, 1.54) is 7.11 Å². The van der Waals surface area contributed by atoms with Crippen LogP contribution in [0.3, 0.4) is 0 Å². The van der Waals surface area contributed by atoms with Gasteiger partial charge in [0.1, 0.15) is 0 Å². The Morgan fingerprint density at radius 3 is 2.80 bits per heavy atom. The molecule has 1 fully saturated rings. The van der Waals surface area contributed by atoms with E-state index in [0.29, 0.717) is 13.2 Å². The number of ether oxygens (including phenoxy) is 2. The van der Waals surface area contributed by atoms with Crippen LogP contribution in [-0.2, 0) is 24.1 Å². The number of nitrogens with one attached hydrogen (secondary N) is 1. The van der Waals surface area contributed by atoms with Gasteiger partial charge in [-0.15, -0.1) is 0 Å². The lowest BCUT2D eigenvalue weighted by Crippen LogP contribution is -2.43. The third kappa shape index (κ3) is 6.19. The van der Waals surface area contributed by atoms with E-state index < -0.39 is 15.8 Å². The highest BCUT2D eigenvalue weighted by Crippen LogP contribution is 2.18. The SMILES string of the molecule is CCCNC(CS(=O)(=O)CCC(=O)OC)C1CCOC1. The van der Waals surface area contributed by atoms with E-state index in [4.69, 9.17) is 4.74 Å². The molecule has 0 bridgehead atoms. The van der Waals surface area contributed by atoms with E-state index in [-0.39, 0.29) is 29.9 Å². The monoisotopic (exact) mass is 307 g/mol. The van der Waals surface area contributed by atoms with Crippen LogP contribution in [0.25, 0.3) is 0 Å². The molecule has 6 nitrogen and oxygen atoms in total.